The Bertz CT molecular complexity index is 777. The van der Waals surface area contributed by atoms with E-state index in [0.717, 1.165) is 42.7 Å². The van der Waals surface area contributed by atoms with Crippen molar-refractivity contribution in [1.29, 1.82) is 0 Å². The third-order valence-corrected chi connectivity index (χ3v) is 7.11. The van der Waals surface area contributed by atoms with Crippen LogP contribution in [0.3, 0.4) is 0 Å². The van der Waals surface area contributed by atoms with Gasteiger partial charge in [-0.25, -0.2) is 18.4 Å². The number of rotatable bonds is 3. The van der Waals surface area contributed by atoms with Gasteiger partial charge in [-0.2, -0.15) is 0 Å². The Hall–Kier alpha value is -1.43. The van der Waals surface area contributed by atoms with Crippen molar-refractivity contribution >= 4 is 21.0 Å². The third kappa shape index (κ3) is 2.16. The number of pyridine rings is 1. The van der Waals surface area contributed by atoms with Crippen LogP contribution in [0.1, 0.15) is 44.0 Å². The Kier molecular flexibility index (Phi) is 3.03. The molecule has 0 spiro atoms. The van der Waals surface area contributed by atoms with Crippen LogP contribution in [0.15, 0.2) is 18.3 Å². The molecule has 0 amide bonds. The first-order valence-corrected chi connectivity index (χ1v) is 9.40. The van der Waals surface area contributed by atoms with E-state index in [-0.39, 0.29) is 5.25 Å². The molecule has 5 nitrogen and oxygen atoms in total. The largest absolute Gasteiger partial charge is 0.310 e. The molecule has 1 unspecified atom stereocenters. The average molecular weight is 305 g/mol. The molecule has 0 N–H and O–H groups in total. The molecule has 6 heteroatoms. The minimum atomic E-state index is -2.93. The van der Waals surface area contributed by atoms with Crippen LogP contribution in [-0.2, 0) is 16.3 Å². The predicted molar refractivity (Wildman–Crippen MR) is 80.9 cm³/mol. The number of hydrogen-bond donors (Lipinski definition) is 0. The molecule has 1 saturated heterocycles. The van der Waals surface area contributed by atoms with E-state index < -0.39 is 9.84 Å². The summed E-state index contributed by atoms with van der Waals surface area (Å²) in [6.45, 7) is 0. The molecule has 0 bridgehead atoms. The van der Waals surface area contributed by atoms with Crippen LogP contribution in [0.4, 0.5) is 0 Å². The molecule has 2 fully saturated rings. The van der Waals surface area contributed by atoms with Crippen molar-refractivity contribution in [2.45, 2.75) is 49.8 Å². The van der Waals surface area contributed by atoms with Crippen LogP contribution in [-0.4, -0.2) is 34.0 Å². The van der Waals surface area contributed by atoms with Gasteiger partial charge in [0.2, 0.25) is 0 Å². The second-order valence-electron chi connectivity index (χ2n) is 6.16. The van der Waals surface area contributed by atoms with E-state index >= 15 is 0 Å². The molecular weight excluding hydrogens is 286 g/mol. The highest BCUT2D eigenvalue weighted by atomic mass is 32.2. The summed E-state index contributed by atoms with van der Waals surface area (Å²) < 4.78 is 26.4. The van der Waals surface area contributed by atoms with Crippen LogP contribution in [0, 0.1) is 0 Å². The topological polar surface area (TPSA) is 64.8 Å². The first-order valence-electron chi connectivity index (χ1n) is 7.68. The smallest absolute Gasteiger partial charge is 0.160 e. The number of fused-ring (bicyclic) bond motifs is 1. The van der Waals surface area contributed by atoms with Gasteiger partial charge in [-0.15, -0.1) is 0 Å². The highest BCUT2D eigenvalue weighted by molar-refractivity contribution is 7.92. The molecular formula is C15H19N3O2S. The molecule has 0 radical (unpaired) electrons. The lowest BCUT2D eigenvalue weighted by atomic mass is 9.92. The van der Waals surface area contributed by atoms with Gasteiger partial charge in [0.1, 0.15) is 11.3 Å². The SMILES string of the molecule is O=S1(=O)CCCC1Cc1nc2cccnc2n1C1CCC1. The molecule has 2 aromatic heterocycles. The van der Waals surface area contributed by atoms with Gasteiger partial charge >= 0.3 is 0 Å². The lowest BCUT2D eigenvalue weighted by Crippen LogP contribution is -2.24. The van der Waals surface area contributed by atoms with Crippen molar-refractivity contribution in [2.75, 3.05) is 5.75 Å². The van der Waals surface area contributed by atoms with Gasteiger partial charge in [0.25, 0.3) is 0 Å². The molecule has 1 atom stereocenters. The molecule has 112 valence electrons. The zero-order chi connectivity index (χ0) is 14.4. The standard InChI is InChI=1S/C15H19N3O2S/c19-21(20)9-3-6-12(21)10-14-17-13-7-2-8-16-15(13)18(14)11-4-1-5-11/h2,7-8,11-12H,1,3-6,9-10H2. The zero-order valence-electron chi connectivity index (χ0n) is 11.9. The third-order valence-electron chi connectivity index (χ3n) is 4.83. The van der Waals surface area contributed by atoms with E-state index in [1.54, 1.807) is 6.20 Å². The van der Waals surface area contributed by atoms with Crippen LogP contribution in [0.5, 0.6) is 0 Å². The quantitative estimate of drug-likeness (QED) is 0.872. The van der Waals surface area contributed by atoms with Crippen molar-refractivity contribution in [3.63, 3.8) is 0 Å². The van der Waals surface area contributed by atoms with Gasteiger partial charge in [0.05, 0.1) is 11.0 Å². The molecule has 2 aliphatic rings. The molecule has 4 rings (SSSR count). The first kappa shape index (κ1) is 13.2. The van der Waals surface area contributed by atoms with Gasteiger partial charge in [-0.3, -0.25) is 0 Å². The predicted octanol–water partition coefficient (Wildman–Crippen LogP) is 2.28. The maximum atomic E-state index is 12.1. The fourth-order valence-electron chi connectivity index (χ4n) is 3.44. The summed E-state index contributed by atoms with van der Waals surface area (Å²) in [5.41, 5.74) is 1.79. The second kappa shape index (κ2) is 4.80. The summed E-state index contributed by atoms with van der Waals surface area (Å²) >= 11 is 0. The highest BCUT2D eigenvalue weighted by Crippen LogP contribution is 2.36. The molecule has 0 aromatic carbocycles. The Morgan fingerprint density at radius 3 is 2.76 bits per heavy atom. The second-order valence-corrected chi connectivity index (χ2v) is 8.56. The van der Waals surface area contributed by atoms with E-state index in [1.807, 2.05) is 12.1 Å². The van der Waals surface area contributed by atoms with E-state index in [9.17, 15) is 8.42 Å². The number of imidazole rings is 1. The normalized spacial score (nSPS) is 25.2. The summed E-state index contributed by atoms with van der Waals surface area (Å²) in [6, 6.07) is 4.30. The van der Waals surface area contributed by atoms with Crippen molar-refractivity contribution < 1.29 is 8.42 Å². The molecule has 1 aliphatic carbocycles. The lowest BCUT2D eigenvalue weighted by molar-refractivity contribution is 0.311. The molecule has 1 aliphatic heterocycles. The minimum Gasteiger partial charge on any atom is -0.310 e. The monoisotopic (exact) mass is 305 g/mol. The first-order chi connectivity index (χ1) is 10.1. The van der Waals surface area contributed by atoms with Gasteiger partial charge in [-0.1, -0.05) is 0 Å². The summed E-state index contributed by atoms with van der Waals surface area (Å²) in [7, 11) is -2.93. The Labute approximate surface area is 124 Å². The summed E-state index contributed by atoms with van der Waals surface area (Å²) in [5, 5.41) is -0.256. The van der Waals surface area contributed by atoms with E-state index in [1.165, 1.54) is 6.42 Å². The fourth-order valence-corrected chi connectivity index (χ4v) is 5.27. The number of sulfone groups is 1. The van der Waals surface area contributed by atoms with E-state index in [2.05, 4.69) is 14.5 Å². The maximum absolute atomic E-state index is 12.1. The van der Waals surface area contributed by atoms with Crippen molar-refractivity contribution in [3.05, 3.63) is 24.2 Å². The van der Waals surface area contributed by atoms with Crippen LogP contribution in [0.25, 0.3) is 11.2 Å². The maximum Gasteiger partial charge on any atom is 0.160 e. The minimum absolute atomic E-state index is 0.256. The van der Waals surface area contributed by atoms with Crippen molar-refractivity contribution in [1.82, 2.24) is 14.5 Å². The Morgan fingerprint density at radius 1 is 1.24 bits per heavy atom. The fraction of sp³-hybridized carbons (Fsp3) is 0.600. The average Bonchev–Trinajstić information content (AvgIpc) is 2.90. The summed E-state index contributed by atoms with van der Waals surface area (Å²) in [5.74, 6) is 1.24. The van der Waals surface area contributed by atoms with Crippen LogP contribution in [0.2, 0.25) is 0 Å². The molecule has 21 heavy (non-hydrogen) atoms. The Morgan fingerprint density at radius 2 is 2.10 bits per heavy atom. The highest BCUT2D eigenvalue weighted by Gasteiger charge is 2.34. The molecule has 2 aromatic rings. The lowest BCUT2D eigenvalue weighted by Gasteiger charge is -2.29. The van der Waals surface area contributed by atoms with E-state index in [0.29, 0.717) is 18.2 Å². The zero-order valence-corrected chi connectivity index (χ0v) is 12.7. The van der Waals surface area contributed by atoms with Gasteiger partial charge in [0.15, 0.2) is 15.5 Å². The molecule has 3 heterocycles. The van der Waals surface area contributed by atoms with E-state index in [4.69, 9.17) is 0 Å². The van der Waals surface area contributed by atoms with Crippen molar-refractivity contribution in [2.24, 2.45) is 0 Å². The van der Waals surface area contributed by atoms with Crippen LogP contribution >= 0.6 is 0 Å². The molecule has 1 saturated carbocycles. The Balaban J connectivity index is 1.77. The van der Waals surface area contributed by atoms with Crippen molar-refractivity contribution in [3.8, 4) is 0 Å². The van der Waals surface area contributed by atoms with Gasteiger partial charge in [0, 0.05) is 18.7 Å². The van der Waals surface area contributed by atoms with Crippen LogP contribution < -0.4 is 0 Å². The number of aromatic nitrogens is 3. The summed E-state index contributed by atoms with van der Waals surface area (Å²) in [4.78, 5) is 9.15. The number of nitrogens with zero attached hydrogens (tertiary/aromatic N) is 3. The summed E-state index contributed by atoms with van der Waals surface area (Å²) in [6.07, 6.45) is 7.40. The number of hydrogen-bond acceptors (Lipinski definition) is 4. The van der Waals surface area contributed by atoms with Gasteiger partial charge in [-0.05, 0) is 44.2 Å². The van der Waals surface area contributed by atoms with Gasteiger partial charge < -0.3 is 4.57 Å².